The van der Waals surface area contributed by atoms with Crippen LogP contribution in [0.4, 0.5) is 0 Å². The van der Waals surface area contributed by atoms with E-state index in [2.05, 4.69) is 15.3 Å². The third kappa shape index (κ3) is 3.67. The van der Waals surface area contributed by atoms with Gasteiger partial charge >= 0.3 is 0 Å². The van der Waals surface area contributed by atoms with E-state index < -0.39 is 0 Å². The number of amides is 1. The summed E-state index contributed by atoms with van der Waals surface area (Å²) in [6.45, 7) is 5.87. The molecule has 5 nitrogen and oxygen atoms in total. The van der Waals surface area contributed by atoms with Crippen molar-refractivity contribution < 1.29 is 4.79 Å². The number of nitrogens with zero attached hydrogens (tertiary/aromatic N) is 1. The van der Waals surface area contributed by atoms with Gasteiger partial charge in [-0.1, -0.05) is 12.8 Å². The van der Waals surface area contributed by atoms with Gasteiger partial charge in [-0.3, -0.25) is 9.59 Å². The minimum atomic E-state index is -0.154. The lowest BCUT2D eigenvalue weighted by atomic mass is 10.2. The fourth-order valence-electron chi connectivity index (χ4n) is 3.04. The van der Waals surface area contributed by atoms with Crippen molar-refractivity contribution in [3.63, 3.8) is 0 Å². The monoisotopic (exact) mass is 365 g/mol. The van der Waals surface area contributed by atoms with Gasteiger partial charge in [0.1, 0.15) is 10.7 Å². The van der Waals surface area contributed by atoms with Crippen LogP contribution in [0.3, 0.4) is 0 Å². The second kappa shape index (κ2) is 7.27. The summed E-state index contributed by atoms with van der Waals surface area (Å²) >= 11 is 3.06. The average molecular weight is 366 g/mol. The lowest BCUT2D eigenvalue weighted by Crippen LogP contribution is -2.37. The van der Waals surface area contributed by atoms with Gasteiger partial charge in [-0.25, -0.2) is 4.98 Å². The van der Waals surface area contributed by atoms with Crippen molar-refractivity contribution in [1.82, 2.24) is 15.3 Å². The molecule has 0 aliphatic heterocycles. The van der Waals surface area contributed by atoms with Crippen molar-refractivity contribution in [2.24, 2.45) is 0 Å². The molecule has 1 unspecified atom stereocenters. The van der Waals surface area contributed by atoms with Crippen LogP contribution in [0, 0.1) is 13.8 Å². The molecule has 1 atom stereocenters. The predicted molar refractivity (Wildman–Crippen MR) is 101 cm³/mol. The molecular formula is C17H23N3O2S2. The second-order valence-electron chi connectivity index (χ2n) is 6.42. The Morgan fingerprint density at radius 1 is 1.42 bits per heavy atom. The molecule has 1 aliphatic rings. The van der Waals surface area contributed by atoms with Gasteiger partial charge in [-0.15, -0.1) is 23.1 Å². The van der Waals surface area contributed by atoms with E-state index in [4.69, 9.17) is 0 Å². The van der Waals surface area contributed by atoms with Crippen molar-refractivity contribution >= 4 is 39.2 Å². The van der Waals surface area contributed by atoms with Crippen LogP contribution in [0.15, 0.2) is 4.79 Å². The molecule has 0 saturated heterocycles. The normalized spacial score (nSPS) is 16.6. The van der Waals surface area contributed by atoms with E-state index in [0.717, 1.165) is 28.1 Å². The molecule has 7 heteroatoms. The molecule has 24 heavy (non-hydrogen) atoms. The van der Waals surface area contributed by atoms with E-state index >= 15 is 0 Å². The smallest absolute Gasteiger partial charge is 0.259 e. The minimum Gasteiger partial charge on any atom is -0.352 e. The molecule has 130 valence electrons. The Morgan fingerprint density at radius 3 is 2.83 bits per heavy atom. The van der Waals surface area contributed by atoms with Crippen molar-refractivity contribution in [2.45, 2.75) is 63.5 Å². The number of aromatic nitrogens is 2. The van der Waals surface area contributed by atoms with Crippen LogP contribution in [0.2, 0.25) is 0 Å². The van der Waals surface area contributed by atoms with Gasteiger partial charge in [0.15, 0.2) is 0 Å². The maximum absolute atomic E-state index is 12.3. The van der Waals surface area contributed by atoms with Gasteiger partial charge in [-0.05, 0) is 39.2 Å². The lowest BCUT2D eigenvalue weighted by Gasteiger charge is -2.16. The van der Waals surface area contributed by atoms with Crippen LogP contribution in [0.1, 0.15) is 48.9 Å². The van der Waals surface area contributed by atoms with Gasteiger partial charge in [0.05, 0.1) is 16.4 Å². The Labute approximate surface area is 149 Å². The number of rotatable bonds is 5. The molecule has 0 aromatic carbocycles. The number of thioether (sulfide) groups is 1. The van der Waals surface area contributed by atoms with Gasteiger partial charge < -0.3 is 10.3 Å². The maximum atomic E-state index is 12.3. The molecule has 2 N–H and O–H groups in total. The lowest BCUT2D eigenvalue weighted by molar-refractivity contribution is -0.120. The number of carbonyl (C=O) groups excluding carboxylic acids is 1. The topological polar surface area (TPSA) is 74.8 Å². The average Bonchev–Trinajstić information content (AvgIpc) is 3.13. The van der Waals surface area contributed by atoms with Gasteiger partial charge in [0.25, 0.3) is 5.56 Å². The number of thiophene rings is 1. The first-order valence-corrected chi connectivity index (χ1v) is 10.2. The molecule has 1 amide bonds. The molecule has 3 rings (SSSR count). The number of fused-ring (bicyclic) bond motifs is 1. The fourth-order valence-corrected chi connectivity index (χ4v) is 4.85. The molecule has 0 spiro atoms. The zero-order valence-electron chi connectivity index (χ0n) is 14.3. The quantitative estimate of drug-likeness (QED) is 0.853. The summed E-state index contributed by atoms with van der Waals surface area (Å²) in [5.41, 5.74) is 0.924. The number of aromatic amines is 1. The van der Waals surface area contributed by atoms with Gasteiger partial charge in [-0.2, -0.15) is 0 Å². The summed E-state index contributed by atoms with van der Waals surface area (Å²) in [6.07, 6.45) is 4.59. The Balaban J connectivity index is 1.64. The number of hydrogen-bond acceptors (Lipinski definition) is 5. The first-order chi connectivity index (χ1) is 11.5. The summed E-state index contributed by atoms with van der Waals surface area (Å²) in [5, 5.41) is 3.66. The summed E-state index contributed by atoms with van der Waals surface area (Å²) in [7, 11) is 0. The van der Waals surface area contributed by atoms with Crippen molar-refractivity contribution in [3.8, 4) is 0 Å². The first kappa shape index (κ1) is 17.5. The third-order valence-electron chi connectivity index (χ3n) is 4.63. The number of H-pyrrole nitrogens is 1. The van der Waals surface area contributed by atoms with E-state index in [0.29, 0.717) is 23.0 Å². The Bertz CT molecular complexity index is 806. The Kier molecular flexibility index (Phi) is 5.30. The number of aryl methyl sites for hydroxylation is 2. The highest BCUT2D eigenvalue weighted by atomic mass is 32.2. The Hall–Kier alpha value is -1.34. The SMILES string of the molecule is Cc1sc2nc(CSC(C)C(=O)NC3CCCC3)[nH]c(=O)c2c1C. The molecule has 0 radical (unpaired) electrons. The van der Waals surface area contributed by atoms with E-state index in [-0.39, 0.29) is 16.7 Å². The largest absolute Gasteiger partial charge is 0.352 e. The fraction of sp³-hybridized carbons (Fsp3) is 0.588. The van der Waals surface area contributed by atoms with Crippen molar-refractivity contribution in [2.75, 3.05) is 0 Å². The predicted octanol–water partition coefficient (Wildman–Crippen LogP) is 3.28. The van der Waals surface area contributed by atoms with E-state index in [1.165, 1.54) is 24.6 Å². The van der Waals surface area contributed by atoms with E-state index in [1.54, 1.807) is 11.3 Å². The van der Waals surface area contributed by atoms with Crippen LogP contribution in [-0.4, -0.2) is 27.2 Å². The first-order valence-electron chi connectivity index (χ1n) is 8.36. The van der Waals surface area contributed by atoms with Crippen LogP contribution in [0.25, 0.3) is 10.2 Å². The van der Waals surface area contributed by atoms with Crippen molar-refractivity contribution in [3.05, 3.63) is 26.6 Å². The third-order valence-corrected chi connectivity index (χ3v) is 6.88. The second-order valence-corrected chi connectivity index (χ2v) is 8.95. The molecular weight excluding hydrogens is 342 g/mol. The van der Waals surface area contributed by atoms with Crippen LogP contribution in [0.5, 0.6) is 0 Å². The summed E-state index contributed by atoms with van der Waals surface area (Å²) < 4.78 is 0. The molecule has 0 bridgehead atoms. The Morgan fingerprint density at radius 2 is 2.12 bits per heavy atom. The molecule has 1 aliphatic carbocycles. The molecule has 2 heterocycles. The summed E-state index contributed by atoms with van der Waals surface area (Å²) in [4.78, 5) is 33.8. The highest BCUT2D eigenvalue weighted by Gasteiger charge is 2.21. The van der Waals surface area contributed by atoms with E-state index in [9.17, 15) is 9.59 Å². The summed E-state index contributed by atoms with van der Waals surface area (Å²) in [6, 6.07) is 0.340. The van der Waals surface area contributed by atoms with Gasteiger partial charge in [0, 0.05) is 10.9 Å². The zero-order chi connectivity index (χ0) is 17.3. The van der Waals surface area contributed by atoms with Crippen LogP contribution >= 0.6 is 23.1 Å². The molecule has 2 aromatic rings. The van der Waals surface area contributed by atoms with Gasteiger partial charge in [0.2, 0.25) is 5.91 Å². The highest BCUT2D eigenvalue weighted by Crippen LogP contribution is 2.26. The van der Waals surface area contributed by atoms with Crippen molar-refractivity contribution in [1.29, 1.82) is 0 Å². The van der Waals surface area contributed by atoms with E-state index in [1.807, 2.05) is 20.8 Å². The highest BCUT2D eigenvalue weighted by molar-refractivity contribution is 7.99. The number of carbonyl (C=O) groups is 1. The molecule has 2 aromatic heterocycles. The summed E-state index contributed by atoms with van der Waals surface area (Å²) in [5.74, 6) is 1.25. The maximum Gasteiger partial charge on any atom is 0.259 e. The minimum absolute atomic E-state index is 0.0816. The zero-order valence-corrected chi connectivity index (χ0v) is 15.9. The standard InChI is InChI=1S/C17H23N3O2S2/c1-9-10(2)24-17-14(9)16(22)19-13(20-17)8-23-11(3)15(21)18-12-6-4-5-7-12/h11-12H,4-8H2,1-3H3,(H,18,21)(H,19,20,22). The van der Waals surface area contributed by atoms with Crippen LogP contribution < -0.4 is 10.9 Å². The van der Waals surface area contributed by atoms with Crippen LogP contribution in [-0.2, 0) is 10.5 Å². The number of nitrogens with one attached hydrogen (secondary N) is 2. The molecule has 1 saturated carbocycles. The number of hydrogen-bond donors (Lipinski definition) is 2. The molecule has 1 fully saturated rings.